The second-order valence-corrected chi connectivity index (χ2v) is 6.36. The molecule has 1 aliphatic heterocycles. The number of urea groups is 1. The lowest BCUT2D eigenvalue weighted by atomic mass is 10.1. The summed E-state index contributed by atoms with van der Waals surface area (Å²) in [6.07, 6.45) is 3.63. The number of hydrogen-bond acceptors (Lipinski definition) is 2. The number of halogens is 1. The quantitative estimate of drug-likeness (QED) is 0.565. The number of aryl methyl sites for hydroxylation is 1. The Labute approximate surface area is 155 Å². The van der Waals surface area contributed by atoms with Crippen LogP contribution in [0.4, 0.5) is 9.18 Å². The fourth-order valence-electron chi connectivity index (χ4n) is 3.32. The molecule has 1 saturated heterocycles. The van der Waals surface area contributed by atoms with Crippen molar-refractivity contribution in [2.75, 3.05) is 0 Å². The number of hydrogen-bond donors (Lipinski definition) is 1. The number of amides is 3. The Hall–Kier alpha value is -3.41. The molecule has 1 fully saturated rings. The van der Waals surface area contributed by atoms with Crippen LogP contribution in [0, 0.1) is 5.82 Å². The van der Waals surface area contributed by atoms with E-state index in [1.165, 1.54) is 6.07 Å². The molecule has 0 aliphatic carbocycles. The molecule has 0 atom stereocenters. The van der Waals surface area contributed by atoms with Gasteiger partial charge in [0.15, 0.2) is 0 Å². The largest absolute Gasteiger partial charge is 0.347 e. The van der Waals surface area contributed by atoms with Crippen LogP contribution in [0.15, 0.2) is 60.4 Å². The van der Waals surface area contributed by atoms with Crippen molar-refractivity contribution in [3.63, 3.8) is 0 Å². The molecular formula is C21H18FN3O2. The van der Waals surface area contributed by atoms with E-state index in [-0.39, 0.29) is 12.2 Å². The van der Waals surface area contributed by atoms with Gasteiger partial charge in [0.1, 0.15) is 11.5 Å². The number of rotatable bonds is 4. The molecule has 3 amide bonds. The number of fused-ring (bicyclic) bond motifs is 1. The number of imide groups is 1. The van der Waals surface area contributed by atoms with Crippen LogP contribution in [0.2, 0.25) is 0 Å². The van der Waals surface area contributed by atoms with Gasteiger partial charge < -0.3 is 9.88 Å². The average molecular weight is 363 g/mol. The lowest BCUT2D eigenvalue weighted by Crippen LogP contribution is -2.30. The van der Waals surface area contributed by atoms with E-state index < -0.39 is 17.8 Å². The molecule has 0 unspecified atom stereocenters. The predicted octanol–water partition coefficient (Wildman–Crippen LogP) is 3.89. The second-order valence-electron chi connectivity index (χ2n) is 6.36. The molecular weight excluding hydrogens is 345 g/mol. The number of para-hydroxylation sites is 1. The van der Waals surface area contributed by atoms with Crippen molar-refractivity contribution in [1.29, 1.82) is 0 Å². The third kappa shape index (κ3) is 2.99. The maximum absolute atomic E-state index is 13.9. The van der Waals surface area contributed by atoms with E-state index in [9.17, 15) is 14.0 Å². The Kier molecular flexibility index (Phi) is 4.24. The molecule has 3 aromatic rings. The summed E-state index contributed by atoms with van der Waals surface area (Å²) in [5.74, 6) is -0.905. The van der Waals surface area contributed by atoms with E-state index >= 15 is 0 Å². The molecule has 0 radical (unpaired) electrons. The minimum absolute atomic E-state index is 0.106. The van der Waals surface area contributed by atoms with Crippen LogP contribution < -0.4 is 5.32 Å². The van der Waals surface area contributed by atoms with Crippen LogP contribution in [0.25, 0.3) is 17.0 Å². The number of carbonyl (C=O) groups excluding carboxylic acids is 2. The summed E-state index contributed by atoms with van der Waals surface area (Å²) in [7, 11) is 0. The Morgan fingerprint density at radius 3 is 2.59 bits per heavy atom. The van der Waals surface area contributed by atoms with Gasteiger partial charge in [-0.1, -0.05) is 36.4 Å². The van der Waals surface area contributed by atoms with Crippen molar-refractivity contribution in [1.82, 2.24) is 14.8 Å². The van der Waals surface area contributed by atoms with Crippen molar-refractivity contribution in [2.45, 2.75) is 20.0 Å². The molecule has 6 heteroatoms. The fraction of sp³-hybridized carbons (Fsp3) is 0.143. The standard InChI is InChI=1S/C21H18FN3O2/c1-2-24-12-15(16-8-4-6-10-19(16)24)11-18-20(26)25(21(27)23-18)13-14-7-3-5-9-17(14)22/h3-12H,2,13H2,1H3,(H,23,27)/b18-11+. The van der Waals surface area contributed by atoms with Crippen molar-refractivity contribution in [3.8, 4) is 0 Å². The summed E-state index contributed by atoms with van der Waals surface area (Å²) in [4.78, 5) is 26.0. The summed E-state index contributed by atoms with van der Waals surface area (Å²) in [6.45, 7) is 2.73. The molecule has 0 spiro atoms. The normalized spacial score (nSPS) is 15.8. The predicted molar refractivity (Wildman–Crippen MR) is 101 cm³/mol. The molecule has 1 aliphatic rings. The van der Waals surface area contributed by atoms with Gasteiger partial charge in [-0.05, 0) is 25.1 Å². The lowest BCUT2D eigenvalue weighted by molar-refractivity contribution is -0.123. The number of benzene rings is 2. The topological polar surface area (TPSA) is 54.3 Å². The van der Waals surface area contributed by atoms with E-state index in [0.717, 1.165) is 27.9 Å². The number of carbonyl (C=O) groups is 2. The molecule has 5 nitrogen and oxygen atoms in total. The number of nitrogens with zero attached hydrogens (tertiary/aromatic N) is 2. The van der Waals surface area contributed by atoms with Crippen molar-refractivity contribution in [3.05, 3.63) is 77.4 Å². The monoisotopic (exact) mass is 363 g/mol. The first-order chi connectivity index (χ1) is 13.1. The molecule has 4 rings (SSSR count). The highest BCUT2D eigenvalue weighted by molar-refractivity contribution is 6.14. The van der Waals surface area contributed by atoms with E-state index in [0.29, 0.717) is 5.56 Å². The van der Waals surface area contributed by atoms with Crippen LogP contribution in [0.5, 0.6) is 0 Å². The molecule has 2 aromatic carbocycles. The highest BCUT2D eigenvalue weighted by atomic mass is 19.1. The maximum Gasteiger partial charge on any atom is 0.329 e. The van der Waals surface area contributed by atoms with Gasteiger partial charge in [0.25, 0.3) is 5.91 Å². The van der Waals surface area contributed by atoms with Crippen LogP contribution in [-0.4, -0.2) is 21.4 Å². The molecule has 0 saturated carbocycles. The zero-order valence-corrected chi connectivity index (χ0v) is 14.8. The smallest absolute Gasteiger partial charge is 0.329 e. The zero-order chi connectivity index (χ0) is 19.0. The molecule has 136 valence electrons. The summed E-state index contributed by atoms with van der Waals surface area (Å²) >= 11 is 0. The Balaban J connectivity index is 1.67. The van der Waals surface area contributed by atoms with Gasteiger partial charge in [-0.15, -0.1) is 0 Å². The Morgan fingerprint density at radius 2 is 1.81 bits per heavy atom. The highest BCUT2D eigenvalue weighted by Crippen LogP contribution is 2.25. The van der Waals surface area contributed by atoms with Gasteiger partial charge in [0.05, 0.1) is 6.54 Å². The van der Waals surface area contributed by atoms with Gasteiger partial charge >= 0.3 is 6.03 Å². The fourth-order valence-corrected chi connectivity index (χ4v) is 3.32. The van der Waals surface area contributed by atoms with Gasteiger partial charge in [-0.25, -0.2) is 9.18 Å². The van der Waals surface area contributed by atoms with Crippen molar-refractivity contribution >= 4 is 28.9 Å². The molecule has 1 N–H and O–H groups in total. The highest BCUT2D eigenvalue weighted by Gasteiger charge is 2.34. The van der Waals surface area contributed by atoms with Crippen molar-refractivity contribution in [2.24, 2.45) is 0 Å². The lowest BCUT2D eigenvalue weighted by Gasteiger charge is -2.12. The maximum atomic E-state index is 13.9. The minimum atomic E-state index is -0.547. The van der Waals surface area contributed by atoms with E-state index in [1.807, 2.05) is 37.4 Å². The average Bonchev–Trinajstić information content (AvgIpc) is 3.16. The summed E-state index contributed by atoms with van der Waals surface area (Å²) in [5.41, 5.74) is 2.40. The first-order valence-electron chi connectivity index (χ1n) is 8.74. The van der Waals surface area contributed by atoms with Crippen LogP contribution in [-0.2, 0) is 17.9 Å². The van der Waals surface area contributed by atoms with Gasteiger partial charge in [-0.2, -0.15) is 0 Å². The minimum Gasteiger partial charge on any atom is -0.347 e. The molecule has 0 bridgehead atoms. The summed E-state index contributed by atoms with van der Waals surface area (Å²) < 4.78 is 16.0. The zero-order valence-electron chi connectivity index (χ0n) is 14.8. The van der Waals surface area contributed by atoms with Gasteiger partial charge in [0.2, 0.25) is 0 Å². The molecule has 2 heterocycles. The third-order valence-corrected chi connectivity index (χ3v) is 4.71. The summed E-state index contributed by atoms with van der Waals surface area (Å²) in [5, 5.41) is 3.60. The molecule has 1 aromatic heterocycles. The van der Waals surface area contributed by atoms with E-state index in [4.69, 9.17) is 0 Å². The van der Waals surface area contributed by atoms with E-state index in [2.05, 4.69) is 9.88 Å². The number of aromatic nitrogens is 1. The van der Waals surface area contributed by atoms with Crippen LogP contribution in [0.3, 0.4) is 0 Å². The Morgan fingerprint density at radius 1 is 1.07 bits per heavy atom. The Bertz CT molecular complexity index is 1080. The van der Waals surface area contributed by atoms with Crippen LogP contribution >= 0.6 is 0 Å². The second kappa shape index (κ2) is 6.72. The third-order valence-electron chi connectivity index (χ3n) is 4.71. The van der Waals surface area contributed by atoms with Gasteiger partial charge in [0, 0.05) is 34.8 Å². The van der Waals surface area contributed by atoms with Gasteiger partial charge in [-0.3, -0.25) is 9.69 Å². The van der Waals surface area contributed by atoms with Crippen molar-refractivity contribution < 1.29 is 14.0 Å². The van der Waals surface area contributed by atoms with E-state index in [1.54, 1.807) is 24.3 Å². The SMILES string of the molecule is CCn1cc(/C=C2/NC(=O)N(Cc3ccccc3F)C2=O)c2ccccc21. The first-order valence-corrected chi connectivity index (χ1v) is 8.74. The summed E-state index contributed by atoms with van der Waals surface area (Å²) in [6, 6.07) is 13.5. The first kappa shape index (κ1) is 17.0. The molecule has 27 heavy (non-hydrogen) atoms. The van der Waals surface area contributed by atoms with Crippen LogP contribution in [0.1, 0.15) is 18.1 Å². The number of nitrogens with one attached hydrogen (secondary N) is 1.